The maximum atomic E-state index is 12.7. The molecule has 3 rings (SSSR count). The van der Waals surface area contributed by atoms with Crippen LogP contribution in [0.3, 0.4) is 0 Å². The summed E-state index contributed by atoms with van der Waals surface area (Å²) in [5, 5.41) is 3.10. The van der Waals surface area contributed by atoms with E-state index in [4.69, 9.17) is 4.74 Å². The summed E-state index contributed by atoms with van der Waals surface area (Å²) in [5.41, 5.74) is 1.13. The molecule has 2 heterocycles. The van der Waals surface area contributed by atoms with E-state index in [-0.39, 0.29) is 18.1 Å². The second kappa shape index (κ2) is 7.38. The standard InChI is InChI=1S/C18H24N4O2/c1-14(12-21-10-8-19-13-21)20-18(23)22-9-4-7-17(22)15-5-3-6-16(11-15)24-2/h3,5-6,8,10-11,13-14,17H,4,7,9,12H2,1-2H3,(H,20,23)/t14-,17+/m1/s1. The highest BCUT2D eigenvalue weighted by molar-refractivity contribution is 5.75. The number of nitrogens with one attached hydrogen (secondary N) is 1. The van der Waals surface area contributed by atoms with Crippen LogP contribution in [-0.4, -0.2) is 40.2 Å². The molecule has 1 aliphatic rings. The number of aromatic nitrogens is 2. The molecule has 1 aromatic heterocycles. The van der Waals surface area contributed by atoms with Gasteiger partial charge in [-0.05, 0) is 37.5 Å². The molecule has 0 aliphatic carbocycles. The van der Waals surface area contributed by atoms with Gasteiger partial charge in [-0.1, -0.05) is 12.1 Å². The lowest BCUT2D eigenvalue weighted by atomic mass is 10.0. The van der Waals surface area contributed by atoms with Gasteiger partial charge in [0.25, 0.3) is 0 Å². The predicted octanol–water partition coefficient (Wildman–Crippen LogP) is 2.83. The van der Waals surface area contributed by atoms with Gasteiger partial charge < -0.3 is 19.5 Å². The number of benzene rings is 1. The van der Waals surface area contributed by atoms with Gasteiger partial charge in [-0.2, -0.15) is 0 Å². The molecule has 1 aliphatic heterocycles. The molecule has 1 fully saturated rings. The summed E-state index contributed by atoms with van der Waals surface area (Å²) < 4.78 is 7.27. The first kappa shape index (κ1) is 16.4. The van der Waals surface area contributed by atoms with Crippen LogP contribution in [-0.2, 0) is 6.54 Å². The minimum absolute atomic E-state index is 0.00654. The summed E-state index contributed by atoms with van der Waals surface area (Å²) in [7, 11) is 1.66. The number of urea groups is 1. The summed E-state index contributed by atoms with van der Waals surface area (Å²) >= 11 is 0. The maximum absolute atomic E-state index is 12.7. The van der Waals surface area contributed by atoms with Crippen molar-refractivity contribution in [2.24, 2.45) is 0 Å². The number of imidazole rings is 1. The number of ether oxygens (including phenoxy) is 1. The molecule has 128 valence electrons. The Kier molecular flexibility index (Phi) is 5.03. The lowest BCUT2D eigenvalue weighted by molar-refractivity contribution is 0.188. The van der Waals surface area contributed by atoms with Crippen LogP contribution in [0.4, 0.5) is 4.79 Å². The van der Waals surface area contributed by atoms with Crippen LogP contribution in [0.2, 0.25) is 0 Å². The molecule has 2 amide bonds. The first-order chi connectivity index (χ1) is 11.7. The lowest BCUT2D eigenvalue weighted by Gasteiger charge is -2.27. The number of hydrogen-bond donors (Lipinski definition) is 1. The molecule has 2 atom stereocenters. The number of rotatable bonds is 5. The highest BCUT2D eigenvalue weighted by Gasteiger charge is 2.30. The molecular weight excluding hydrogens is 304 g/mol. The smallest absolute Gasteiger partial charge is 0.318 e. The summed E-state index contributed by atoms with van der Waals surface area (Å²) in [5.74, 6) is 0.827. The number of carbonyl (C=O) groups is 1. The number of amides is 2. The zero-order chi connectivity index (χ0) is 16.9. The van der Waals surface area contributed by atoms with E-state index in [1.807, 2.05) is 40.8 Å². The summed E-state index contributed by atoms with van der Waals surface area (Å²) in [6.07, 6.45) is 7.41. The Hall–Kier alpha value is -2.50. The third-order valence-electron chi connectivity index (χ3n) is 4.41. The molecule has 1 aromatic carbocycles. The van der Waals surface area contributed by atoms with Gasteiger partial charge in [0.15, 0.2) is 0 Å². The van der Waals surface area contributed by atoms with Crippen LogP contribution in [0.1, 0.15) is 31.4 Å². The molecule has 0 spiro atoms. The molecule has 2 aromatic rings. The molecule has 0 bridgehead atoms. The van der Waals surface area contributed by atoms with Crippen molar-refractivity contribution in [1.29, 1.82) is 0 Å². The van der Waals surface area contributed by atoms with E-state index in [2.05, 4.69) is 16.4 Å². The van der Waals surface area contributed by atoms with E-state index < -0.39 is 0 Å². The van der Waals surface area contributed by atoms with Crippen LogP contribution < -0.4 is 10.1 Å². The van der Waals surface area contributed by atoms with Gasteiger partial charge in [-0.3, -0.25) is 0 Å². The van der Waals surface area contributed by atoms with Crippen molar-refractivity contribution in [2.45, 2.75) is 38.4 Å². The van der Waals surface area contributed by atoms with Crippen molar-refractivity contribution < 1.29 is 9.53 Å². The van der Waals surface area contributed by atoms with Gasteiger partial charge in [-0.25, -0.2) is 9.78 Å². The SMILES string of the molecule is COc1cccc([C@@H]2CCCN2C(=O)N[C@H](C)Cn2ccnc2)c1. The molecular formula is C18H24N4O2. The van der Waals surface area contributed by atoms with Crippen LogP contribution in [0.25, 0.3) is 0 Å². The monoisotopic (exact) mass is 328 g/mol. The second-order valence-electron chi connectivity index (χ2n) is 6.24. The summed E-state index contributed by atoms with van der Waals surface area (Å²) in [6.45, 7) is 3.50. The van der Waals surface area contributed by atoms with E-state index in [0.717, 1.165) is 30.7 Å². The number of nitrogens with zero attached hydrogens (tertiary/aromatic N) is 3. The normalized spacial score (nSPS) is 18.4. The van der Waals surface area contributed by atoms with E-state index in [9.17, 15) is 4.79 Å². The number of likely N-dealkylation sites (tertiary alicyclic amines) is 1. The Labute approximate surface area is 142 Å². The van der Waals surface area contributed by atoms with Crippen molar-refractivity contribution in [3.05, 3.63) is 48.5 Å². The minimum Gasteiger partial charge on any atom is -0.497 e. The van der Waals surface area contributed by atoms with E-state index in [1.54, 1.807) is 19.6 Å². The fourth-order valence-corrected chi connectivity index (χ4v) is 3.26. The van der Waals surface area contributed by atoms with Gasteiger partial charge in [0.1, 0.15) is 5.75 Å². The van der Waals surface area contributed by atoms with Gasteiger partial charge in [0.2, 0.25) is 0 Å². The maximum Gasteiger partial charge on any atom is 0.318 e. The number of hydrogen-bond acceptors (Lipinski definition) is 3. The Balaban J connectivity index is 1.64. The van der Waals surface area contributed by atoms with Crippen LogP contribution >= 0.6 is 0 Å². The molecule has 0 saturated carbocycles. The van der Waals surface area contributed by atoms with Crippen LogP contribution in [0.5, 0.6) is 5.75 Å². The largest absolute Gasteiger partial charge is 0.497 e. The van der Waals surface area contributed by atoms with Gasteiger partial charge in [-0.15, -0.1) is 0 Å². The third-order valence-corrected chi connectivity index (χ3v) is 4.41. The minimum atomic E-state index is -0.00654. The number of methoxy groups -OCH3 is 1. The average Bonchev–Trinajstić information content (AvgIpc) is 3.26. The first-order valence-electron chi connectivity index (χ1n) is 8.34. The van der Waals surface area contributed by atoms with Crippen molar-refractivity contribution in [1.82, 2.24) is 19.8 Å². The van der Waals surface area contributed by atoms with Crippen LogP contribution in [0, 0.1) is 0 Å². The van der Waals surface area contributed by atoms with E-state index in [1.165, 1.54) is 0 Å². The highest BCUT2D eigenvalue weighted by atomic mass is 16.5. The topological polar surface area (TPSA) is 59.4 Å². The molecule has 1 N–H and O–H groups in total. The molecule has 1 saturated heterocycles. The Morgan fingerprint density at radius 2 is 2.38 bits per heavy atom. The average molecular weight is 328 g/mol. The van der Waals surface area contributed by atoms with Crippen molar-refractivity contribution in [3.8, 4) is 5.75 Å². The third kappa shape index (κ3) is 3.69. The van der Waals surface area contributed by atoms with E-state index in [0.29, 0.717) is 6.54 Å². The molecule has 6 nitrogen and oxygen atoms in total. The van der Waals surface area contributed by atoms with Gasteiger partial charge >= 0.3 is 6.03 Å². The first-order valence-corrected chi connectivity index (χ1v) is 8.34. The molecule has 0 radical (unpaired) electrons. The van der Waals surface area contributed by atoms with E-state index >= 15 is 0 Å². The second-order valence-corrected chi connectivity index (χ2v) is 6.24. The van der Waals surface area contributed by atoms with Gasteiger partial charge in [0.05, 0.1) is 19.5 Å². The molecule has 24 heavy (non-hydrogen) atoms. The molecule has 0 unspecified atom stereocenters. The Morgan fingerprint density at radius 3 is 3.12 bits per heavy atom. The summed E-state index contributed by atoms with van der Waals surface area (Å²) in [4.78, 5) is 18.6. The van der Waals surface area contributed by atoms with Crippen LogP contribution in [0.15, 0.2) is 43.0 Å². The van der Waals surface area contributed by atoms with Crippen molar-refractivity contribution in [3.63, 3.8) is 0 Å². The quantitative estimate of drug-likeness (QED) is 0.918. The zero-order valence-electron chi connectivity index (χ0n) is 14.2. The van der Waals surface area contributed by atoms with Crippen molar-refractivity contribution in [2.75, 3.05) is 13.7 Å². The Morgan fingerprint density at radius 1 is 1.50 bits per heavy atom. The fraction of sp³-hybridized carbons (Fsp3) is 0.444. The summed E-state index contributed by atoms with van der Waals surface area (Å²) in [6, 6.07) is 8.13. The lowest BCUT2D eigenvalue weighted by Crippen LogP contribution is -2.44. The van der Waals surface area contributed by atoms with Gasteiger partial charge in [0, 0.05) is 31.5 Å². The number of carbonyl (C=O) groups excluding carboxylic acids is 1. The Bertz CT molecular complexity index is 671. The molecule has 6 heteroatoms. The predicted molar refractivity (Wildman–Crippen MR) is 91.9 cm³/mol. The zero-order valence-corrected chi connectivity index (χ0v) is 14.2. The fourth-order valence-electron chi connectivity index (χ4n) is 3.26. The highest BCUT2D eigenvalue weighted by Crippen LogP contribution is 2.33. The van der Waals surface area contributed by atoms with Crippen molar-refractivity contribution >= 4 is 6.03 Å².